The molecule has 0 radical (unpaired) electrons. The maximum Gasteiger partial charge on any atom is 0.371 e. The molecule has 0 amide bonds. The quantitative estimate of drug-likeness (QED) is 0.349. The Morgan fingerprint density at radius 3 is 1.87 bits per heavy atom. The fraction of sp³-hybridized carbons (Fsp3) is 0.100. The number of aromatic nitrogens is 2. The number of nitrogens with zero attached hydrogens (tertiary/aromatic N) is 3. The molecule has 0 atom stereocenters. The van der Waals surface area contributed by atoms with Gasteiger partial charge in [-0.2, -0.15) is 0 Å². The van der Waals surface area contributed by atoms with Gasteiger partial charge in [-0.05, 0) is 24.3 Å². The van der Waals surface area contributed by atoms with E-state index >= 15 is 0 Å². The van der Waals surface area contributed by atoms with Crippen LogP contribution in [0, 0.1) is 0 Å². The van der Waals surface area contributed by atoms with E-state index in [9.17, 15) is 4.79 Å². The molecule has 1 aliphatic heterocycles. The van der Waals surface area contributed by atoms with Crippen molar-refractivity contribution in [3.63, 3.8) is 0 Å². The number of nitrogens with two attached hydrogens (primary N) is 1. The van der Waals surface area contributed by atoms with Crippen LogP contribution in [0.15, 0.2) is 72.3 Å². The van der Waals surface area contributed by atoms with Crippen LogP contribution in [0.25, 0.3) is 22.2 Å². The summed E-state index contributed by atoms with van der Waals surface area (Å²) in [6.45, 7) is 0. The number of hydrogen-bond acceptors (Lipinski definition) is 10. The second-order valence-electron chi connectivity index (χ2n) is 6.25. The van der Waals surface area contributed by atoms with Gasteiger partial charge in [0, 0.05) is 0 Å². The van der Waals surface area contributed by atoms with E-state index < -0.39 is 5.97 Å². The van der Waals surface area contributed by atoms with Crippen LogP contribution in [0.2, 0.25) is 0 Å². The van der Waals surface area contributed by atoms with Gasteiger partial charge in [0.2, 0.25) is 11.8 Å². The van der Waals surface area contributed by atoms with Crippen LogP contribution >= 0.6 is 23.5 Å². The van der Waals surface area contributed by atoms with E-state index in [0.717, 1.165) is 11.0 Å². The highest BCUT2D eigenvalue weighted by Crippen LogP contribution is 2.38. The first-order chi connectivity index (χ1) is 14.7. The first-order valence-corrected chi connectivity index (χ1v) is 10.9. The zero-order valence-corrected chi connectivity index (χ0v) is 17.0. The summed E-state index contributed by atoms with van der Waals surface area (Å²) >= 11 is 2.75. The molecule has 8 nitrogen and oxygen atoms in total. The number of rotatable bonds is 6. The van der Waals surface area contributed by atoms with Crippen molar-refractivity contribution in [2.24, 2.45) is 10.9 Å². The first-order valence-electron chi connectivity index (χ1n) is 8.91. The van der Waals surface area contributed by atoms with Crippen molar-refractivity contribution in [1.29, 1.82) is 0 Å². The Balaban J connectivity index is 1.38. The van der Waals surface area contributed by atoms with Gasteiger partial charge in [0.15, 0.2) is 17.0 Å². The summed E-state index contributed by atoms with van der Waals surface area (Å²) in [6.07, 6.45) is 0. The number of thioether (sulfide) groups is 2. The van der Waals surface area contributed by atoms with Crippen LogP contribution in [0.1, 0.15) is 11.8 Å². The fourth-order valence-corrected chi connectivity index (χ4v) is 4.99. The van der Waals surface area contributed by atoms with Gasteiger partial charge in [0.05, 0.1) is 15.7 Å². The number of oxazole rings is 2. The number of oxime groups is 1. The molecule has 3 heterocycles. The largest absolute Gasteiger partial charge is 0.440 e. The van der Waals surface area contributed by atoms with E-state index in [1.807, 2.05) is 48.5 Å². The van der Waals surface area contributed by atoms with Gasteiger partial charge in [-0.1, -0.05) is 29.4 Å². The van der Waals surface area contributed by atoms with Crippen LogP contribution in [-0.2, 0) is 21.1 Å². The van der Waals surface area contributed by atoms with Crippen molar-refractivity contribution in [2.75, 3.05) is 0 Å². The molecule has 0 bridgehead atoms. The monoisotopic (exact) mass is 438 g/mol. The molecule has 0 saturated heterocycles. The number of fused-ring (bicyclic) bond motifs is 2. The zero-order valence-electron chi connectivity index (χ0n) is 15.4. The van der Waals surface area contributed by atoms with Crippen LogP contribution in [0.5, 0.6) is 0 Å². The molecule has 2 aromatic heterocycles. The van der Waals surface area contributed by atoms with E-state index in [0.29, 0.717) is 38.7 Å². The number of amidine groups is 1. The zero-order chi connectivity index (χ0) is 20.5. The lowest BCUT2D eigenvalue weighted by atomic mass is 10.3. The third-order valence-electron chi connectivity index (χ3n) is 4.22. The Morgan fingerprint density at radius 1 is 0.867 bits per heavy atom. The molecule has 5 rings (SSSR count). The highest BCUT2D eigenvalue weighted by Gasteiger charge is 2.28. The Labute approximate surface area is 178 Å². The van der Waals surface area contributed by atoms with Gasteiger partial charge >= 0.3 is 5.97 Å². The van der Waals surface area contributed by atoms with Crippen LogP contribution < -0.4 is 5.73 Å². The third-order valence-corrected chi connectivity index (χ3v) is 6.64. The van der Waals surface area contributed by atoms with Gasteiger partial charge in [-0.15, -0.1) is 23.5 Å². The average molecular weight is 438 g/mol. The Bertz CT molecular complexity index is 1180. The van der Waals surface area contributed by atoms with Crippen molar-refractivity contribution in [1.82, 2.24) is 9.97 Å². The summed E-state index contributed by atoms with van der Waals surface area (Å²) in [7, 11) is 0. The van der Waals surface area contributed by atoms with Gasteiger partial charge in [-0.25, -0.2) is 14.8 Å². The van der Waals surface area contributed by atoms with E-state index in [4.69, 9.17) is 19.4 Å². The minimum absolute atomic E-state index is 0.0464. The Kier molecular flexibility index (Phi) is 4.93. The van der Waals surface area contributed by atoms with Crippen molar-refractivity contribution in [2.45, 2.75) is 11.5 Å². The van der Waals surface area contributed by atoms with E-state index in [1.54, 1.807) is 0 Å². The lowest BCUT2D eigenvalue weighted by molar-refractivity contribution is -0.136. The van der Waals surface area contributed by atoms with Crippen LogP contribution in [0.3, 0.4) is 0 Å². The number of para-hydroxylation sites is 4. The third kappa shape index (κ3) is 3.66. The lowest BCUT2D eigenvalue weighted by Gasteiger charge is -2.06. The number of benzene rings is 2. The van der Waals surface area contributed by atoms with Gasteiger partial charge in [0.25, 0.3) is 0 Å². The van der Waals surface area contributed by atoms with E-state index in [2.05, 4.69) is 15.1 Å². The SMILES string of the molecule is NC1=NOC(=O)C1=C(SCc1nc2ccccc2o1)SCc1nc2ccccc2o1. The molecule has 0 aliphatic carbocycles. The molecule has 10 heteroatoms. The molecule has 1 aliphatic rings. The van der Waals surface area contributed by atoms with Crippen molar-refractivity contribution >= 4 is 57.5 Å². The van der Waals surface area contributed by atoms with Crippen molar-refractivity contribution in [3.8, 4) is 0 Å². The number of carbonyl (C=O) groups excluding carboxylic acids is 1. The maximum atomic E-state index is 12.2. The molecular formula is C20H14N4O4S2. The molecule has 2 aromatic carbocycles. The Morgan fingerprint density at radius 2 is 1.40 bits per heavy atom. The second-order valence-corrected chi connectivity index (χ2v) is 8.48. The smallest absolute Gasteiger partial charge is 0.371 e. The normalized spacial score (nSPS) is 13.8. The van der Waals surface area contributed by atoms with Crippen molar-refractivity contribution < 1.29 is 18.5 Å². The summed E-state index contributed by atoms with van der Waals surface area (Å²) in [5, 5.41) is 3.58. The second kappa shape index (κ2) is 7.88. The number of hydrogen-bond donors (Lipinski definition) is 1. The summed E-state index contributed by atoms with van der Waals surface area (Å²) in [5.41, 5.74) is 9.09. The molecule has 150 valence electrons. The maximum absolute atomic E-state index is 12.2. The van der Waals surface area contributed by atoms with Crippen LogP contribution in [0.4, 0.5) is 0 Å². The molecule has 0 fully saturated rings. The van der Waals surface area contributed by atoms with Gasteiger partial charge in [0.1, 0.15) is 16.6 Å². The van der Waals surface area contributed by atoms with Gasteiger partial charge in [-0.3, -0.25) is 0 Å². The molecule has 2 N–H and O–H groups in total. The minimum atomic E-state index is -0.586. The highest BCUT2D eigenvalue weighted by molar-refractivity contribution is 8.21. The Hall–Kier alpha value is -3.24. The summed E-state index contributed by atoms with van der Waals surface area (Å²) in [4.78, 5) is 25.8. The van der Waals surface area contributed by atoms with E-state index in [1.165, 1.54) is 23.5 Å². The average Bonchev–Trinajstić information content (AvgIpc) is 3.45. The molecule has 0 saturated carbocycles. The summed E-state index contributed by atoms with van der Waals surface area (Å²) in [5.74, 6) is 1.37. The standard InChI is InChI=1S/C20H14N4O4S2/c21-18-17(19(25)28-24-18)20(29-9-15-22-11-5-1-3-7-13(11)26-15)30-10-16-23-12-6-2-4-8-14(12)27-16/h1-8H,9-10H2,(H2,21,24). The first kappa shape index (κ1) is 18.8. The van der Waals surface area contributed by atoms with Crippen LogP contribution in [-0.4, -0.2) is 21.8 Å². The summed E-state index contributed by atoms with van der Waals surface area (Å²) < 4.78 is 12.2. The predicted octanol–water partition coefficient (Wildman–Crippen LogP) is 4.18. The number of carbonyl (C=O) groups is 1. The molecule has 30 heavy (non-hydrogen) atoms. The molecule has 4 aromatic rings. The minimum Gasteiger partial charge on any atom is -0.440 e. The van der Waals surface area contributed by atoms with Gasteiger partial charge < -0.3 is 19.4 Å². The topological polar surface area (TPSA) is 117 Å². The fourth-order valence-electron chi connectivity index (χ4n) is 2.88. The predicted molar refractivity (Wildman–Crippen MR) is 115 cm³/mol. The lowest BCUT2D eigenvalue weighted by Crippen LogP contribution is -2.15. The summed E-state index contributed by atoms with van der Waals surface area (Å²) in [6, 6.07) is 15.1. The van der Waals surface area contributed by atoms with E-state index in [-0.39, 0.29) is 11.4 Å². The molecular weight excluding hydrogens is 424 g/mol. The highest BCUT2D eigenvalue weighted by atomic mass is 32.2. The molecule has 0 unspecified atom stereocenters. The van der Waals surface area contributed by atoms with Crippen molar-refractivity contribution in [3.05, 3.63) is 70.1 Å². The molecule has 0 spiro atoms.